The minimum Gasteiger partial charge on any atom is -0.352 e. The molecule has 2 heterocycles. The Morgan fingerprint density at radius 2 is 1.14 bits per heavy atom. The molecule has 18 nitrogen and oxygen atoms in total. The fraction of sp³-hybridized carbons (Fsp3) is 0.273. The second kappa shape index (κ2) is 19.4. The smallest absolute Gasteiger partial charge is 0.289 e. The number of ketones is 2. The number of rotatable bonds is 13. The predicted molar refractivity (Wildman–Crippen MR) is 233 cm³/mol. The first-order valence-corrected chi connectivity index (χ1v) is 23.3. The van der Waals surface area contributed by atoms with E-state index in [9.17, 15) is 51.4 Å². The van der Waals surface area contributed by atoms with E-state index >= 15 is 0 Å². The van der Waals surface area contributed by atoms with Gasteiger partial charge in [0.1, 0.15) is 0 Å². The number of unbranched alkanes of at least 4 members (excludes halogenated alkanes) is 2. The lowest BCUT2D eigenvalue weighted by Crippen LogP contribution is -2.40. The maximum absolute atomic E-state index is 14.2. The van der Waals surface area contributed by atoms with Gasteiger partial charge in [0, 0.05) is 66.1 Å². The molecule has 332 valence electrons. The van der Waals surface area contributed by atoms with Crippen molar-refractivity contribution in [1.29, 1.82) is 0 Å². The van der Waals surface area contributed by atoms with Gasteiger partial charge in [-0.3, -0.25) is 39.6 Å². The van der Waals surface area contributed by atoms with Crippen molar-refractivity contribution in [3.8, 4) is 0 Å². The Labute approximate surface area is 368 Å². The Bertz CT molecular complexity index is 2870. The first-order valence-electron chi connectivity index (χ1n) is 20.4. The summed E-state index contributed by atoms with van der Waals surface area (Å²) < 4.78 is 59.0. The summed E-state index contributed by atoms with van der Waals surface area (Å²) in [7, 11) is -8.93. The number of pyridine rings is 1. The van der Waals surface area contributed by atoms with Crippen LogP contribution in [0.5, 0.6) is 0 Å². The summed E-state index contributed by atoms with van der Waals surface area (Å²) in [5, 5.41) is 26.7. The van der Waals surface area contributed by atoms with Gasteiger partial charge in [0.05, 0.1) is 34.3 Å². The van der Waals surface area contributed by atoms with Crippen molar-refractivity contribution < 1.29 is 41.1 Å². The normalized spacial score (nSPS) is 15.5. The largest absolute Gasteiger partial charge is 0.352 e. The minimum absolute atomic E-state index is 0.0595. The number of para-hydroxylation sites is 2. The second-order valence-corrected chi connectivity index (χ2v) is 19.0. The third kappa shape index (κ3) is 9.80. The molecular weight excluding hydrogens is 867 g/mol. The van der Waals surface area contributed by atoms with Crippen LogP contribution in [0.2, 0.25) is 0 Å². The van der Waals surface area contributed by atoms with Gasteiger partial charge >= 0.3 is 0 Å². The molecule has 1 aromatic heterocycles. The lowest BCUT2D eigenvalue weighted by Gasteiger charge is -2.28. The zero-order valence-corrected chi connectivity index (χ0v) is 36.0. The van der Waals surface area contributed by atoms with E-state index in [0.717, 1.165) is 20.7 Å². The quantitative estimate of drug-likeness (QED) is 0.0873. The molecule has 0 saturated heterocycles. The zero-order valence-electron chi connectivity index (χ0n) is 34.4. The molecule has 7 rings (SSSR count). The van der Waals surface area contributed by atoms with Gasteiger partial charge in [0.2, 0.25) is 20.0 Å². The number of carbonyl (C=O) groups is 3. The fourth-order valence-electron chi connectivity index (χ4n) is 7.81. The van der Waals surface area contributed by atoms with Gasteiger partial charge in [-0.2, -0.15) is 8.61 Å². The Hall–Kier alpha value is -6.58. The van der Waals surface area contributed by atoms with Gasteiger partial charge in [0.25, 0.3) is 17.3 Å². The molecule has 1 aliphatic heterocycles. The number of benzene rings is 4. The van der Waals surface area contributed by atoms with Gasteiger partial charge in [0.15, 0.2) is 21.4 Å². The summed E-state index contributed by atoms with van der Waals surface area (Å²) >= 11 is 0. The summed E-state index contributed by atoms with van der Waals surface area (Å²) in [4.78, 5) is 67.2. The number of hydrogen-bond donors (Lipinski definition) is 1. The molecule has 0 fully saturated rings. The number of nitro benzene ring substituents is 2. The lowest BCUT2D eigenvalue weighted by atomic mass is 9.83. The molecule has 0 saturated carbocycles. The van der Waals surface area contributed by atoms with E-state index in [0.29, 0.717) is 31.4 Å². The van der Waals surface area contributed by atoms with Crippen molar-refractivity contribution in [3.63, 3.8) is 0 Å². The number of nitrogens with zero attached hydrogens (tertiary/aromatic N) is 6. The van der Waals surface area contributed by atoms with Crippen molar-refractivity contribution >= 4 is 48.9 Å². The molecule has 64 heavy (non-hydrogen) atoms. The van der Waals surface area contributed by atoms with E-state index in [2.05, 4.69) is 10.3 Å². The molecule has 1 amide bonds. The van der Waals surface area contributed by atoms with E-state index < -0.39 is 57.0 Å². The van der Waals surface area contributed by atoms with E-state index in [1.165, 1.54) is 54.6 Å². The van der Waals surface area contributed by atoms with Crippen LogP contribution >= 0.6 is 0 Å². The Morgan fingerprint density at radius 1 is 0.609 bits per heavy atom. The Balaban J connectivity index is 1.06. The standard InChI is InChI=1S/C44H43N7O11S2/c52-42-34-14-2-3-15-35(34)43(53)37-28-31(20-21-36(37)42)44(54)45-22-8-1-9-23-47-24-11-25-48(63(59,60)40-18-6-4-16-38(40)50(55)56)29-32-12-10-13-33(46-32)30-49(27-26-47)64(61,62)41-19-7-5-17-39(41)51(57)58/h2-7,10,12-21,28H,1,8-9,11,22-27,29-30H2,(H,45,54). The molecule has 0 radical (unpaired) electrons. The SMILES string of the molecule is O=C(NCCCCCN1CCCN(S(=O)(=O)c2ccccc2[N+](=O)[O-])Cc2cccc(n2)CN(S(=O)(=O)c2ccccc2[N+](=O)[O-])CC1)c1ccc2c(c1)C(=O)c1ccccc1C2=O. The summed E-state index contributed by atoms with van der Waals surface area (Å²) in [6.45, 7) is 0.416. The third-order valence-electron chi connectivity index (χ3n) is 11.1. The van der Waals surface area contributed by atoms with Gasteiger partial charge in [-0.15, -0.1) is 0 Å². The van der Waals surface area contributed by atoms with Crippen molar-refractivity contribution in [2.45, 2.75) is 48.6 Å². The van der Waals surface area contributed by atoms with Crippen LogP contribution in [-0.2, 0) is 33.1 Å². The minimum atomic E-state index is -4.48. The maximum atomic E-state index is 14.2. The monoisotopic (exact) mass is 909 g/mol. The molecule has 1 aliphatic carbocycles. The number of amides is 1. The summed E-state index contributed by atoms with van der Waals surface area (Å²) in [6.07, 6.45) is 2.00. The number of fused-ring (bicyclic) bond motifs is 4. The van der Waals surface area contributed by atoms with E-state index in [-0.39, 0.29) is 97.4 Å². The number of nitro groups is 2. The van der Waals surface area contributed by atoms with Gasteiger partial charge in [-0.05, 0) is 74.8 Å². The van der Waals surface area contributed by atoms with E-state index in [1.807, 2.05) is 4.90 Å². The molecule has 0 atom stereocenters. The van der Waals surface area contributed by atoms with Gasteiger partial charge in [-0.25, -0.2) is 16.8 Å². The zero-order chi connectivity index (χ0) is 45.6. The highest BCUT2D eigenvalue weighted by atomic mass is 32.2. The molecule has 20 heteroatoms. The molecule has 0 unspecified atom stereocenters. The summed E-state index contributed by atoms with van der Waals surface area (Å²) in [5.74, 6) is -1.03. The topological polar surface area (TPSA) is 240 Å². The first kappa shape index (κ1) is 45.4. The number of sulfonamides is 2. The predicted octanol–water partition coefficient (Wildman–Crippen LogP) is 5.36. The molecule has 4 aromatic carbocycles. The average molecular weight is 910 g/mol. The van der Waals surface area contributed by atoms with Gasteiger partial charge in [-0.1, -0.05) is 61.0 Å². The molecule has 0 spiro atoms. The van der Waals surface area contributed by atoms with Crippen LogP contribution in [0.1, 0.15) is 79.3 Å². The number of aromatic nitrogens is 1. The highest BCUT2D eigenvalue weighted by Gasteiger charge is 2.35. The van der Waals surface area contributed by atoms with Crippen molar-refractivity contribution in [2.24, 2.45) is 0 Å². The van der Waals surface area contributed by atoms with E-state index in [4.69, 9.17) is 0 Å². The van der Waals surface area contributed by atoms with E-state index in [1.54, 1.807) is 42.5 Å². The van der Waals surface area contributed by atoms with Crippen LogP contribution in [0.15, 0.2) is 119 Å². The molecule has 2 aliphatic rings. The first-order chi connectivity index (χ1) is 30.7. The molecule has 1 N–H and O–H groups in total. The highest BCUT2D eigenvalue weighted by molar-refractivity contribution is 7.89. The molecule has 2 bridgehead atoms. The summed E-state index contributed by atoms with van der Waals surface area (Å²) in [6, 6.07) is 25.8. The molecule has 5 aromatic rings. The van der Waals surface area contributed by atoms with Gasteiger partial charge < -0.3 is 10.2 Å². The Kier molecular flexibility index (Phi) is 13.8. The highest BCUT2D eigenvalue weighted by Crippen LogP contribution is 2.31. The van der Waals surface area contributed by atoms with Crippen molar-refractivity contribution in [2.75, 3.05) is 39.3 Å². The fourth-order valence-corrected chi connectivity index (χ4v) is 11.0. The Morgan fingerprint density at radius 3 is 1.73 bits per heavy atom. The van der Waals surface area contributed by atoms with Crippen LogP contribution in [-0.4, -0.2) is 102 Å². The lowest BCUT2D eigenvalue weighted by molar-refractivity contribution is -0.388. The van der Waals surface area contributed by atoms with Crippen molar-refractivity contribution in [3.05, 3.63) is 169 Å². The van der Waals surface area contributed by atoms with Crippen LogP contribution < -0.4 is 5.32 Å². The second-order valence-electron chi connectivity index (χ2n) is 15.2. The van der Waals surface area contributed by atoms with Crippen LogP contribution in [0, 0.1) is 20.2 Å². The molecular formula is C44H43N7O11S2. The summed E-state index contributed by atoms with van der Waals surface area (Å²) in [5.41, 5.74) is 0.567. The number of hydrogen-bond acceptors (Lipinski definition) is 13. The van der Waals surface area contributed by atoms with Crippen LogP contribution in [0.4, 0.5) is 11.4 Å². The van der Waals surface area contributed by atoms with Crippen LogP contribution in [0.25, 0.3) is 0 Å². The van der Waals surface area contributed by atoms with Crippen molar-refractivity contribution in [1.82, 2.24) is 23.8 Å². The number of nitrogens with one attached hydrogen (secondary N) is 1. The average Bonchev–Trinajstić information content (AvgIpc) is 3.30. The third-order valence-corrected chi connectivity index (χ3v) is 14.9. The maximum Gasteiger partial charge on any atom is 0.289 e. The van der Waals surface area contributed by atoms with Crippen LogP contribution in [0.3, 0.4) is 0 Å². The number of carbonyl (C=O) groups excluding carboxylic acids is 3.